The van der Waals surface area contributed by atoms with Gasteiger partial charge in [-0.1, -0.05) is 12.1 Å². The maximum absolute atomic E-state index is 13.2. The van der Waals surface area contributed by atoms with Crippen LogP contribution < -0.4 is 10.1 Å². The van der Waals surface area contributed by atoms with Gasteiger partial charge in [0.1, 0.15) is 6.61 Å². The van der Waals surface area contributed by atoms with Crippen molar-refractivity contribution in [3.63, 3.8) is 0 Å². The lowest BCUT2D eigenvalue weighted by molar-refractivity contribution is 0.0989. The molecule has 5 heteroatoms. The first-order valence-electron chi connectivity index (χ1n) is 6.62. The number of benzene rings is 2. The van der Waals surface area contributed by atoms with Crippen LogP contribution in [0.25, 0.3) is 0 Å². The number of carbonyl (C=O) groups is 1. The summed E-state index contributed by atoms with van der Waals surface area (Å²) < 4.78 is 31.6. The minimum atomic E-state index is -0.951. The molecule has 108 valence electrons. The number of hydrogen-bond donors (Lipinski definition) is 1. The summed E-state index contributed by atoms with van der Waals surface area (Å²) in [5.41, 5.74) is 1.65. The van der Waals surface area contributed by atoms with Gasteiger partial charge >= 0.3 is 0 Å². The molecule has 2 aromatic carbocycles. The van der Waals surface area contributed by atoms with Crippen LogP contribution >= 0.6 is 0 Å². The average Bonchev–Trinajstić information content (AvgIpc) is 2.50. The van der Waals surface area contributed by atoms with Crippen molar-refractivity contribution >= 4 is 11.5 Å². The lowest BCUT2D eigenvalue weighted by Crippen LogP contribution is -2.20. The number of rotatable bonds is 3. The normalized spacial score (nSPS) is 13.0. The number of fused-ring (bicyclic) bond motifs is 1. The quantitative estimate of drug-likeness (QED) is 0.882. The van der Waals surface area contributed by atoms with Crippen LogP contribution in [0.1, 0.15) is 15.9 Å². The third kappa shape index (κ3) is 2.72. The fourth-order valence-electron chi connectivity index (χ4n) is 2.32. The molecular weight excluding hydrogens is 276 g/mol. The van der Waals surface area contributed by atoms with Crippen molar-refractivity contribution in [2.45, 2.75) is 6.42 Å². The SMILES string of the molecule is O=C(Cc1ccc(F)c(F)c1)c1cccc2c1OCCN2. The van der Waals surface area contributed by atoms with Gasteiger partial charge in [0, 0.05) is 13.0 Å². The molecule has 1 aliphatic heterocycles. The van der Waals surface area contributed by atoms with E-state index >= 15 is 0 Å². The number of Topliss-reactive ketones (excluding diaryl/α,β-unsaturated/α-hetero) is 1. The highest BCUT2D eigenvalue weighted by Crippen LogP contribution is 2.32. The molecular formula is C16H13F2NO2. The average molecular weight is 289 g/mol. The second-order valence-corrected chi connectivity index (χ2v) is 4.81. The molecule has 0 spiro atoms. The van der Waals surface area contributed by atoms with Crippen LogP contribution in [0.4, 0.5) is 14.5 Å². The van der Waals surface area contributed by atoms with Crippen molar-refractivity contribution in [3.05, 3.63) is 59.2 Å². The van der Waals surface area contributed by atoms with Crippen LogP contribution in [0.3, 0.4) is 0 Å². The number of carbonyl (C=O) groups excluding carboxylic acids is 1. The molecule has 0 aliphatic carbocycles. The molecule has 2 aromatic rings. The van der Waals surface area contributed by atoms with E-state index in [4.69, 9.17) is 4.74 Å². The summed E-state index contributed by atoms with van der Waals surface area (Å²) in [5.74, 6) is -1.54. The molecule has 0 aromatic heterocycles. The van der Waals surface area contributed by atoms with Crippen molar-refractivity contribution < 1.29 is 18.3 Å². The molecule has 0 unspecified atom stereocenters. The summed E-state index contributed by atoms with van der Waals surface area (Å²) in [4.78, 5) is 12.4. The Labute approximate surface area is 120 Å². The van der Waals surface area contributed by atoms with Crippen LogP contribution in [-0.2, 0) is 6.42 Å². The number of anilines is 1. The first-order valence-corrected chi connectivity index (χ1v) is 6.62. The summed E-state index contributed by atoms with van der Waals surface area (Å²) in [6, 6.07) is 8.75. The second kappa shape index (κ2) is 5.52. The van der Waals surface area contributed by atoms with E-state index in [-0.39, 0.29) is 12.2 Å². The predicted octanol–water partition coefficient (Wildman–Crippen LogP) is 3.19. The van der Waals surface area contributed by atoms with Crippen LogP contribution in [-0.4, -0.2) is 18.9 Å². The lowest BCUT2D eigenvalue weighted by Gasteiger charge is -2.21. The van der Waals surface area contributed by atoms with E-state index in [1.807, 2.05) is 6.07 Å². The summed E-state index contributed by atoms with van der Waals surface area (Å²) in [6.07, 6.45) is -0.00296. The maximum Gasteiger partial charge on any atom is 0.171 e. The number of hydrogen-bond acceptors (Lipinski definition) is 3. The van der Waals surface area contributed by atoms with E-state index in [0.29, 0.717) is 30.0 Å². The second-order valence-electron chi connectivity index (χ2n) is 4.81. The van der Waals surface area contributed by atoms with Crippen LogP contribution in [0.15, 0.2) is 36.4 Å². The Morgan fingerprint density at radius 2 is 2.05 bits per heavy atom. The molecule has 0 radical (unpaired) electrons. The van der Waals surface area contributed by atoms with Crippen LogP contribution in [0, 0.1) is 11.6 Å². The predicted molar refractivity (Wildman–Crippen MR) is 74.8 cm³/mol. The van der Waals surface area contributed by atoms with Gasteiger partial charge in [-0.05, 0) is 29.8 Å². The number of ketones is 1. The van der Waals surface area contributed by atoms with Crippen molar-refractivity contribution in [2.75, 3.05) is 18.5 Å². The number of ether oxygens (including phenoxy) is 1. The lowest BCUT2D eigenvalue weighted by atomic mass is 10.0. The van der Waals surface area contributed by atoms with E-state index in [0.717, 1.165) is 17.8 Å². The number of halogens is 2. The van der Waals surface area contributed by atoms with Gasteiger partial charge < -0.3 is 10.1 Å². The Hall–Kier alpha value is -2.43. The van der Waals surface area contributed by atoms with Crippen LogP contribution in [0.2, 0.25) is 0 Å². The Morgan fingerprint density at radius 3 is 2.86 bits per heavy atom. The Balaban J connectivity index is 1.87. The number of nitrogens with one attached hydrogen (secondary N) is 1. The van der Waals surface area contributed by atoms with Crippen molar-refractivity contribution in [1.29, 1.82) is 0 Å². The van der Waals surface area contributed by atoms with Gasteiger partial charge in [0.25, 0.3) is 0 Å². The molecule has 0 atom stereocenters. The molecule has 0 amide bonds. The Kier molecular flexibility index (Phi) is 3.56. The first-order chi connectivity index (χ1) is 10.1. The minimum absolute atomic E-state index is 0.00296. The fourth-order valence-corrected chi connectivity index (χ4v) is 2.32. The largest absolute Gasteiger partial charge is 0.489 e. The van der Waals surface area contributed by atoms with E-state index in [1.54, 1.807) is 12.1 Å². The highest BCUT2D eigenvalue weighted by Gasteiger charge is 2.19. The van der Waals surface area contributed by atoms with E-state index in [1.165, 1.54) is 6.07 Å². The third-order valence-corrected chi connectivity index (χ3v) is 3.33. The van der Waals surface area contributed by atoms with Gasteiger partial charge in [-0.3, -0.25) is 4.79 Å². The molecule has 1 heterocycles. The zero-order valence-corrected chi connectivity index (χ0v) is 11.2. The van der Waals surface area contributed by atoms with Crippen molar-refractivity contribution in [3.8, 4) is 5.75 Å². The van der Waals surface area contributed by atoms with Crippen molar-refractivity contribution in [2.24, 2.45) is 0 Å². The van der Waals surface area contributed by atoms with E-state index in [2.05, 4.69) is 5.32 Å². The van der Waals surface area contributed by atoms with Gasteiger partial charge in [-0.2, -0.15) is 0 Å². The molecule has 0 saturated carbocycles. The van der Waals surface area contributed by atoms with Gasteiger partial charge in [-0.25, -0.2) is 8.78 Å². The molecule has 0 fully saturated rings. The monoisotopic (exact) mass is 289 g/mol. The standard InChI is InChI=1S/C16H13F2NO2/c17-12-5-4-10(8-13(12)18)9-15(20)11-2-1-3-14-16(11)21-7-6-19-14/h1-5,8,19H,6-7,9H2. The third-order valence-electron chi connectivity index (χ3n) is 3.33. The molecule has 1 aliphatic rings. The molecule has 0 saturated heterocycles. The smallest absolute Gasteiger partial charge is 0.171 e. The van der Waals surface area contributed by atoms with E-state index < -0.39 is 11.6 Å². The highest BCUT2D eigenvalue weighted by atomic mass is 19.2. The van der Waals surface area contributed by atoms with Crippen molar-refractivity contribution in [1.82, 2.24) is 0 Å². The Bertz CT molecular complexity index is 701. The molecule has 0 bridgehead atoms. The van der Waals surface area contributed by atoms with E-state index in [9.17, 15) is 13.6 Å². The molecule has 1 N–H and O–H groups in total. The zero-order valence-electron chi connectivity index (χ0n) is 11.2. The highest BCUT2D eigenvalue weighted by molar-refractivity contribution is 6.01. The van der Waals surface area contributed by atoms with Gasteiger partial charge in [0.15, 0.2) is 23.2 Å². The van der Waals surface area contributed by atoms with Gasteiger partial charge in [-0.15, -0.1) is 0 Å². The summed E-state index contributed by atoms with van der Waals surface area (Å²) in [5, 5.41) is 3.15. The Morgan fingerprint density at radius 1 is 1.19 bits per heavy atom. The first kappa shape index (κ1) is 13.5. The minimum Gasteiger partial charge on any atom is -0.489 e. The maximum atomic E-state index is 13.2. The summed E-state index contributed by atoms with van der Waals surface area (Å²) in [6.45, 7) is 1.18. The topological polar surface area (TPSA) is 38.3 Å². The molecule has 3 rings (SSSR count). The zero-order chi connectivity index (χ0) is 14.8. The fraction of sp³-hybridized carbons (Fsp3) is 0.188. The molecule has 21 heavy (non-hydrogen) atoms. The van der Waals surface area contributed by atoms with Gasteiger partial charge in [0.05, 0.1) is 11.3 Å². The summed E-state index contributed by atoms with van der Waals surface area (Å²) >= 11 is 0. The molecule has 3 nitrogen and oxygen atoms in total. The van der Waals surface area contributed by atoms with Gasteiger partial charge in [0.2, 0.25) is 0 Å². The number of para-hydroxylation sites is 1. The van der Waals surface area contributed by atoms with Crippen LogP contribution in [0.5, 0.6) is 5.75 Å². The summed E-state index contributed by atoms with van der Waals surface area (Å²) in [7, 11) is 0.